The lowest BCUT2D eigenvalue weighted by Crippen LogP contribution is -1.90. The molecule has 2 aromatic heterocycles. The van der Waals surface area contributed by atoms with Gasteiger partial charge in [-0.15, -0.1) is 0 Å². The number of hydrogen-bond acceptors (Lipinski definition) is 3. The molecule has 0 fully saturated rings. The highest BCUT2D eigenvalue weighted by atomic mass is 32.1. The second kappa shape index (κ2) is 2.86. The first kappa shape index (κ1) is 7.73. The molecule has 0 amide bonds. The summed E-state index contributed by atoms with van der Waals surface area (Å²) in [7, 11) is 0. The predicted molar refractivity (Wildman–Crippen MR) is 49.6 cm³/mol. The molecule has 4 heteroatoms. The van der Waals surface area contributed by atoms with Gasteiger partial charge in [0.05, 0.1) is 11.9 Å². The Morgan fingerprint density at radius 2 is 2.50 bits per heavy atom. The highest BCUT2D eigenvalue weighted by Crippen LogP contribution is 2.19. The standard InChI is InChI=1S/C8H11N3S/c1-3-6(2)7-4-11-8(10-7)12-5-9-11/h4-6H,3H2,1-2H3. The van der Waals surface area contributed by atoms with Crippen LogP contribution in [-0.2, 0) is 0 Å². The summed E-state index contributed by atoms with van der Waals surface area (Å²) in [6, 6.07) is 0. The molecular formula is C8H11N3S. The molecular weight excluding hydrogens is 170 g/mol. The van der Waals surface area contributed by atoms with Gasteiger partial charge in [-0.05, 0) is 12.3 Å². The minimum atomic E-state index is 0.541. The van der Waals surface area contributed by atoms with Gasteiger partial charge in [-0.3, -0.25) is 0 Å². The molecule has 2 aromatic rings. The van der Waals surface area contributed by atoms with Gasteiger partial charge < -0.3 is 0 Å². The van der Waals surface area contributed by atoms with Crippen LogP contribution in [0.1, 0.15) is 31.9 Å². The molecule has 0 N–H and O–H groups in total. The zero-order valence-electron chi connectivity index (χ0n) is 7.19. The first-order valence-electron chi connectivity index (χ1n) is 4.10. The van der Waals surface area contributed by atoms with Crippen LogP contribution in [0.5, 0.6) is 0 Å². The lowest BCUT2D eigenvalue weighted by Gasteiger charge is -2.01. The number of aromatic nitrogens is 3. The fourth-order valence-corrected chi connectivity index (χ4v) is 1.71. The Kier molecular flexibility index (Phi) is 1.84. The van der Waals surface area contributed by atoms with Crippen LogP contribution in [0.25, 0.3) is 4.96 Å². The van der Waals surface area contributed by atoms with Crippen LogP contribution >= 0.6 is 11.3 Å². The van der Waals surface area contributed by atoms with Gasteiger partial charge in [0.1, 0.15) is 5.51 Å². The van der Waals surface area contributed by atoms with E-state index >= 15 is 0 Å². The maximum absolute atomic E-state index is 4.46. The van der Waals surface area contributed by atoms with Crippen molar-refractivity contribution in [2.45, 2.75) is 26.2 Å². The van der Waals surface area contributed by atoms with E-state index in [1.807, 2.05) is 16.2 Å². The first-order chi connectivity index (χ1) is 5.81. The fourth-order valence-electron chi connectivity index (χ4n) is 1.10. The number of nitrogens with zero attached hydrogens (tertiary/aromatic N) is 3. The summed E-state index contributed by atoms with van der Waals surface area (Å²) < 4.78 is 1.84. The molecule has 3 nitrogen and oxygen atoms in total. The van der Waals surface area contributed by atoms with Gasteiger partial charge in [0.25, 0.3) is 0 Å². The molecule has 0 saturated carbocycles. The molecule has 2 rings (SSSR count). The van der Waals surface area contributed by atoms with Crippen LogP contribution in [0, 0.1) is 0 Å². The Morgan fingerprint density at radius 3 is 3.17 bits per heavy atom. The predicted octanol–water partition coefficient (Wildman–Crippen LogP) is 2.30. The molecule has 0 saturated heterocycles. The van der Waals surface area contributed by atoms with Crippen molar-refractivity contribution in [1.29, 1.82) is 0 Å². The minimum absolute atomic E-state index is 0.541. The molecule has 12 heavy (non-hydrogen) atoms. The van der Waals surface area contributed by atoms with Crippen molar-refractivity contribution >= 4 is 16.3 Å². The first-order valence-corrected chi connectivity index (χ1v) is 4.98. The fraction of sp³-hybridized carbons (Fsp3) is 0.500. The third kappa shape index (κ3) is 1.12. The van der Waals surface area contributed by atoms with Gasteiger partial charge in [-0.25, -0.2) is 9.50 Å². The van der Waals surface area contributed by atoms with Crippen LogP contribution in [-0.4, -0.2) is 14.6 Å². The highest BCUT2D eigenvalue weighted by molar-refractivity contribution is 7.14. The van der Waals surface area contributed by atoms with Gasteiger partial charge in [-0.2, -0.15) is 5.10 Å². The number of rotatable bonds is 2. The molecule has 1 atom stereocenters. The van der Waals surface area contributed by atoms with Gasteiger partial charge in [0.15, 0.2) is 0 Å². The van der Waals surface area contributed by atoms with Crippen LogP contribution in [0.15, 0.2) is 11.7 Å². The molecule has 0 aliphatic carbocycles. The largest absolute Gasteiger partial charge is 0.222 e. The average molecular weight is 181 g/mol. The van der Waals surface area contributed by atoms with E-state index in [0.717, 1.165) is 17.1 Å². The number of hydrogen-bond donors (Lipinski definition) is 0. The average Bonchev–Trinajstić information content (AvgIpc) is 2.60. The van der Waals surface area contributed by atoms with Crippen molar-refractivity contribution < 1.29 is 0 Å². The molecule has 0 radical (unpaired) electrons. The summed E-state index contributed by atoms with van der Waals surface area (Å²) in [5.41, 5.74) is 2.96. The Hall–Kier alpha value is -0.900. The van der Waals surface area contributed by atoms with Crippen LogP contribution in [0.3, 0.4) is 0 Å². The minimum Gasteiger partial charge on any atom is -0.222 e. The summed E-state index contributed by atoms with van der Waals surface area (Å²) in [6.07, 6.45) is 3.14. The van der Waals surface area contributed by atoms with E-state index in [0.29, 0.717) is 5.92 Å². The zero-order chi connectivity index (χ0) is 8.55. The van der Waals surface area contributed by atoms with Crippen LogP contribution in [0.4, 0.5) is 0 Å². The van der Waals surface area contributed by atoms with Gasteiger partial charge in [-0.1, -0.05) is 25.2 Å². The summed E-state index contributed by atoms with van der Waals surface area (Å²) in [5.74, 6) is 0.541. The van der Waals surface area contributed by atoms with E-state index in [9.17, 15) is 0 Å². The summed E-state index contributed by atoms with van der Waals surface area (Å²) in [4.78, 5) is 5.45. The van der Waals surface area contributed by atoms with E-state index < -0.39 is 0 Å². The van der Waals surface area contributed by atoms with Gasteiger partial charge in [0, 0.05) is 0 Å². The molecule has 0 aliphatic heterocycles. The van der Waals surface area contributed by atoms with Gasteiger partial charge in [0.2, 0.25) is 4.96 Å². The zero-order valence-corrected chi connectivity index (χ0v) is 8.01. The molecule has 0 aromatic carbocycles. The van der Waals surface area contributed by atoms with E-state index in [4.69, 9.17) is 0 Å². The van der Waals surface area contributed by atoms with E-state index in [2.05, 4.69) is 23.9 Å². The Balaban J connectivity index is 2.44. The molecule has 0 spiro atoms. The Bertz CT molecular complexity index is 348. The van der Waals surface area contributed by atoms with E-state index in [1.165, 1.54) is 0 Å². The summed E-state index contributed by atoms with van der Waals surface area (Å²) in [5, 5.41) is 4.13. The SMILES string of the molecule is CCC(C)c1cn2ncsc2n1. The Morgan fingerprint density at radius 1 is 1.67 bits per heavy atom. The lowest BCUT2D eigenvalue weighted by molar-refractivity contribution is 0.712. The third-order valence-electron chi connectivity index (χ3n) is 2.12. The second-order valence-electron chi connectivity index (χ2n) is 2.94. The molecule has 64 valence electrons. The normalized spacial score (nSPS) is 13.8. The molecule has 1 unspecified atom stereocenters. The van der Waals surface area contributed by atoms with Crippen molar-refractivity contribution in [3.8, 4) is 0 Å². The van der Waals surface area contributed by atoms with Crippen molar-refractivity contribution in [1.82, 2.24) is 14.6 Å². The maximum Gasteiger partial charge on any atom is 0.212 e. The quantitative estimate of drug-likeness (QED) is 0.711. The maximum atomic E-state index is 4.46. The molecule has 2 heterocycles. The lowest BCUT2D eigenvalue weighted by atomic mass is 10.1. The smallest absolute Gasteiger partial charge is 0.212 e. The highest BCUT2D eigenvalue weighted by Gasteiger charge is 2.08. The van der Waals surface area contributed by atoms with Gasteiger partial charge >= 0.3 is 0 Å². The monoisotopic (exact) mass is 181 g/mol. The number of fused-ring (bicyclic) bond motifs is 1. The summed E-state index contributed by atoms with van der Waals surface area (Å²) >= 11 is 1.58. The second-order valence-corrected chi connectivity index (χ2v) is 3.75. The van der Waals surface area contributed by atoms with Crippen molar-refractivity contribution in [2.75, 3.05) is 0 Å². The topological polar surface area (TPSA) is 30.2 Å². The third-order valence-corrected chi connectivity index (χ3v) is 2.81. The van der Waals surface area contributed by atoms with Crippen molar-refractivity contribution in [3.63, 3.8) is 0 Å². The van der Waals surface area contributed by atoms with Crippen LogP contribution in [0.2, 0.25) is 0 Å². The Labute approximate surface area is 75.1 Å². The van der Waals surface area contributed by atoms with Crippen molar-refractivity contribution in [3.05, 3.63) is 17.4 Å². The summed E-state index contributed by atoms with van der Waals surface area (Å²) in [6.45, 7) is 4.36. The number of imidazole rings is 1. The van der Waals surface area contributed by atoms with E-state index in [-0.39, 0.29) is 0 Å². The molecule has 0 aliphatic rings. The van der Waals surface area contributed by atoms with Crippen LogP contribution < -0.4 is 0 Å². The van der Waals surface area contributed by atoms with E-state index in [1.54, 1.807) is 11.3 Å². The molecule has 0 bridgehead atoms. The van der Waals surface area contributed by atoms with Crippen molar-refractivity contribution in [2.24, 2.45) is 0 Å².